The van der Waals surface area contributed by atoms with Crippen molar-refractivity contribution in [2.24, 2.45) is 7.05 Å². The summed E-state index contributed by atoms with van der Waals surface area (Å²) in [4.78, 5) is 6.71. The van der Waals surface area contributed by atoms with Gasteiger partial charge in [0.25, 0.3) is 5.92 Å². The van der Waals surface area contributed by atoms with Crippen molar-refractivity contribution in [1.82, 2.24) is 14.8 Å². The summed E-state index contributed by atoms with van der Waals surface area (Å²) in [5, 5.41) is 7.69. The number of aryl methyl sites for hydroxylation is 2. The Bertz CT molecular complexity index is 1120. The first-order valence-electron chi connectivity index (χ1n) is 11.1. The van der Waals surface area contributed by atoms with Crippen LogP contribution in [0, 0.1) is 6.92 Å². The summed E-state index contributed by atoms with van der Waals surface area (Å²) >= 11 is 0. The van der Waals surface area contributed by atoms with Gasteiger partial charge in [0.2, 0.25) is 0 Å². The van der Waals surface area contributed by atoms with E-state index >= 15 is 0 Å². The molecule has 0 amide bonds. The van der Waals surface area contributed by atoms with Gasteiger partial charge in [-0.3, -0.25) is 4.68 Å². The van der Waals surface area contributed by atoms with Crippen LogP contribution in [-0.2, 0) is 13.0 Å². The van der Waals surface area contributed by atoms with Crippen LogP contribution in [0.15, 0.2) is 55.0 Å². The molecule has 1 aromatic carbocycles. The predicted octanol–water partition coefficient (Wildman–Crippen LogP) is 6.06. The summed E-state index contributed by atoms with van der Waals surface area (Å²) in [7, 11) is 1.86. The molecule has 0 fully saturated rings. The average molecular weight is 455 g/mol. The Labute approximate surface area is 194 Å². The number of unbranched alkanes of at least 4 members (excludes halogenated alkanes) is 2. The normalized spacial score (nSPS) is 11.5. The number of hydrogen-bond acceptors (Lipinski definition) is 5. The first-order valence-corrected chi connectivity index (χ1v) is 11.1. The van der Waals surface area contributed by atoms with Gasteiger partial charge in [0.1, 0.15) is 5.82 Å². The highest BCUT2D eigenvalue weighted by Crippen LogP contribution is 2.33. The Hall–Kier alpha value is -3.42. The summed E-state index contributed by atoms with van der Waals surface area (Å²) in [5.41, 5.74) is 9.61. The molecule has 176 valence electrons. The number of nitrogens with zero attached hydrogens (tertiary/aromatic N) is 4. The van der Waals surface area contributed by atoms with Crippen molar-refractivity contribution in [2.45, 2.75) is 46.0 Å². The monoisotopic (exact) mass is 454 g/mol. The van der Waals surface area contributed by atoms with Crippen LogP contribution in [0.2, 0.25) is 0 Å². The lowest BCUT2D eigenvalue weighted by Gasteiger charge is -2.28. The highest BCUT2D eigenvalue weighted by atomic mass is 19.3. The minimum Gasteiger partial charge on any atom is -0.396 e. The van der Waals surface area contributed by atoms with Crippen LogP contribution < -0.4 is 16.0 Å². The number of nitrogens with one attached hydrogen (secondary N) is 1. The largest absolute Gasteiger partial charge is 0.396 e. The molecule has 33 heavy (non-hydrogen) atoms. The molecule has 0 saturated heterocycles. The maximum absolute atomic E-state index is 13.9. The fourth-order valence-corrected chi connectivity index (χ4v) is 3.62. The molecule has 0 aliphatic heterocycles. The van der Waals surface area contributed by atoms with Gasteiger partial charge in [-0.1, -0.05) is 44.5 Å². The first-order chi connectivity index (χ1) is 15.6. The van der Waals surface area contributed by atoms with Gasteiger partial charge in [-0.05, 0) is 31.5 Å². The Morgan fingerprint density at radius 2 is 2.00 bits per heavy atom. The van der Waals surface area contributed by atoms with E-state index in [0.29, 0.717) is 35.1 Å². The number of hydrogen-bond donors (Lipinski definition) is 2. The predicted molar refractivity (Wildman–Crippen MR) is 131 cm³/mol. The number of nitrogen functional groups attached to an aromatic ring is 1. The first kappa shape index (κ1) is 24.2. The summed E-state index contributed by atoms with van der Waals surface area (Å²) < 4.78 is 29.5. The van der Waals surface area contributed by atoms with Crippen molar-refractivity contribution in [2.75, 3.05) is 22.5 Å². The van der Waals surface area contributed by atoms with Crippen molar-refractivity contribution in [3.05, 3.63) is 66.3 Å². The third kappa shape index (κ3) is 5.88. The molecule has 0 radical (unpaired) electrons. The van der Waals surface area contributed by atoms with Gasteiger partial charge in [0, 0.05) is 37.8 Å². The van der Waals surface area contributed by atoms with Crippen molar-refractivity contribution in [3.63, 3.8) is 0 Å². The summed E-state index contributed by atoms with van der Waals surface area (Å²) in [6.07, 6.45) is 4.92. The van der Waals surface area contributed by atoms with Crippen LogP contribution in [0.4, 0.5) is 26.0 Å². The number of anilines is 3. The van der Waals surface area contributed by atoms with Crippen molar-refractivity contribution in [1.29, 1.82) is 0 Å². The Morgan fingerprint density at radius 1 is 1.24 bits per heavy atom. The molecule has 2 heterocycles. The van der Waals surface area contributed by atoms with E-state index in [1.807, 2.05) is 25.1 Å². The average Bonchev–Trinajstić information content (AvgIpc) is 3.08. The SMILES string of the molecule is C=C(Nc1cn(C)nc1C)N(CCCCC)c1nc(-c2cccc(C(C)(F)F)c2)ccc1N. The van der Waals surface area contributed by atoms with Crippen LogP contribution in [0.5, 0.6) is 0 Å². The fourth-order valence-electron chi connectivity index (χ4n) is 3.62. The molecule has 0 bridgehead atoms. The lowest BCUT2D eigenvalue weighted by Crippen LogP contribution is -2.29. The van der Waals surface area contributed by atoms with E-state index in [-0.39, 0.29) is 5.56 Å². The summed E-state index contributed by atoms with van der Waals surface area (Å²) in [6.45, 7) is 9.83. The number of benzene rings is 1. The van der Waals surface area contributed by atoms with Gasteiger partial charge in [0.15, 0.2) is 5.82 Å². The van der Waals surface area contributed by atoms with Crippen molar-refractivity contribution < 1.29 is 8.78 Å². The van der Waals surface area contributed by atoms with Crippen LogP contribution in [0.25, 0.3) is 11.3 Å². The smallest absolute Gasteiger partial charge is 0.270 e. The van der Waals surface area contributed by atoms with Gasteiger partial charge in [-0.2, -0.15) is 5.10 Å². The molecule has 2 aromatic heterocycles. The molecular formula is C25H32F2N6. The van der Waals surface area contributed by atoms with E-state index in [0.717, 1.165) is 37.6 Å². The second-order valence-electron chi connectivity index (χ2n) is 8.31. The van der Waals surface area contributed by atoms with E-state index in [2.05, 4.69) is 23.9 Å². The number of rotatable bonds is 10. The van der Waals surface area contributed by atoms with Crippen molar-refractivity contribution >= 4 is 17.2 Å². The second-order valence-corrected chi connectivity index (χ2v) is 8.31. The molecule has 3 N–H and O–H groups in total. The molecule has 0 spiro atoms. The van der Waals surface area contributed by atoms with Crippen LogP contribution in [0.3, 0.4) is 0 Å². The standard InChI is InChI=1S/C25H32F2N6/c1-6-7-8-14-33(18(3)29-23-16-32(5)31-17(23)2)24-21(28)12-13-22(30-24)19-10-9-11-20(15-19)25(4,26)27/h9-13,15-16,29H,3,6-8,14,28H2,1-2,4-5H3. The number of halogens is 2. The number of nitrogens with two attached hydrogens (primary N) is 1. The highest BCUT2D eigenvalue weighted by molar-refractivity contribution is 5.72. The third-order valence-corrected chi connectivity index (χ3v) is 5.43. The minimum absolute atomic E-state index is 0.0573. The number of aromatic nitrogens is 3. The van der Waals surface area contributed by atoms with E-state index in [9.17, 15) is 8.78 Å². The number of alkyl halides is 2. The molecule has 0 atom stereocenters. The third-order valence-electron chi connectivity index (χ3n) is 5.43. The molecule has 0 saturated carbocycles. The van der Waals surface area contributed by atoms with Crippen molar-refractivity contribution in [3.8, 4) is 11.3 Å². The summed E-state index contributed by atoms with van der Waals surface area (Å²) in [6, 6.07) is 9.77. The Morgan fingerprint density at radius 3 is 2.64 bits per heavy atom. The van der Waals surface area contributed by atoms with Gasteiger partial charge in [-0.25, -0.2) is 13.8 Å². The van der Waals surface area contributed by atoms with Crippen LogP contribution >= 0.6 is 0 Å². The van der Waals surface area contributed by atoms with Gasteiger partial charge >= 0.3 is 0 Å². The Balaban J connectivity index is 1.98. The van der Waals surface area contributed by atoms with Gasteiger partial charge in [-0.15, -0.1) is 0 Å². The zero-order chi connectivity index (χ0) is 24.2. The zero-order valence-corrected chi connectivity index (χ0v) is 19.7. The quantitative estimate of drug-likeness (QED) is 0.364. The molecule has 8 heteroatoms. The highest BCUT2D eigenvalue weighted by Gasteiger charge is 2.25. The topological polar surface area (TPSA) is 72.0 Å². The molecule has 6 nitrogen and oxygen atoms in total. The maximum Gasteiger partial charge on any atom is 0.270 e. The van der Waals surface area contributed by atoms with Crippen LogP contribution in [0.1, 0.15) is 44.4 Å². The van der Waals surface area contributed by atoms with Gasteiger partial charge < -0.3 is 16.0 Å². The Kier molecular flexibility index (Phi) is 7.36. The molecule has 3 rings (SSSR count). The maximum atomic E-state index is 13.9. The molecular weight excluding hydrogens is 422 g/mol. The van der Waals surface area contributed by atoms with Crippen LogP contribution in [-0.4, -0.2) is 21.3 Å². The fraction of sp³-hybridized carbons (Fsp3) is 0.360. The van der Waals surface area contributed by atoms with E-state index in [1.165, 1.54) is 12.1 Å². The van der Waals surface area contributed by atoms with E-state index in [4.69, 9.17) is 10.7 Å². The summed E-state index contributed by atoms with van der Waals surface area (Å²) in [5.74, 6) is -1.78. The second kappa shape index (κ2) is 10.0. The molecule has 0 aliphatic carbocycles. The zero-order valence-electron chi connectivity index (χ0n) is 19.7. The molecule has 3 aromatic rings. The van der Waals surface area contributed by atoms with E-state index in [1.54, 1.807) is 28.9 Å². The lowest BCUT2D eigenvalue weighted by molar-refractivity contribution is 0.0175. The minimum atomic E-state index is -2.93. The van der Waals surface area contributed by atoms with Gasteiger partial charge in [0.05, 0.1) is 22.8 Å². The van der Waals surface area contributed by atoms with E-state index < -0.39 is 5.92 Å². The molecule has 0 unspecified atom stereocenters. The lowest BCUT2D eigenvalue weighted by atomic mass is 10.0. The molecule has 0 aliphatic rings. The number of pyridine rings is 1.